The van der Waals surface area contributed by atoms with Crippen LogP contribution in [0.25, 0.3) is 5.69 Å². The fraction of sp³-hybridized carbons (Fsp3) is 0.286. The van der Waals surface area contributed by atoms with E-state index in [1.807, 2.05) is 31.2 Å². The van der Waals surface area contributed by atoms with Gasteiger partial charge in [0.05, 0.1) is 6.61 Å². The van der Waals surface area contributed by atoms with Gasteiger partial charge in [0.25, 0.3) is 0 Å². The predicted molar refractivity (Wildman–Crippen MR) is 73.4 cm³/mol. The van der Waals surface area contributed by atoms with E-state index in [0.29, 0.717) is 18.2 Å². The molecule has 5 heteroatoms. The number of anilines is 1. The number of nitrogen functional groups attached to an aromatic ring is 1. The van der Waals surface area contributed by atoms with Gasteiger partial charge in [-0.15, -0.1) is 0 Å². The summed E-state index contributed by atoms with van der Waals surface area (Å²) in [5.74, 6) is 0.474. The minimum Gasteiger partial charge on any atom is -0.461 e. The highest BCUT2D eigenvalue weighted by molar-refractivity contribution is 5.92. The van der Waals surface area contributed by atoms with Gasteiger partial charge in [-0.3, -0.25) is 4.57 Å². The van der Waals surface area contributed by atoms with E-state index in [2.05, 4.69) is 4.98 Å². The van der Waals surface area contributed by atoms with Crippen LogP contribution in [0.3, 0.4) is 0 Å². The predicted octanol–water partition coefficient (Wildman–Crippen LogP) is 2.25. The standard InChI is InChI=1S/C14H17N3O2/c1-4-19-14(18)12-13(15)17(10(3)16-12)11-7-5-6-9(2)8-11/h5-8H,4,15H2,1-3H3. The van der Waals surface area contributed by atoms with Crippen LogP contribution >= 0.6 is 0 Å². The topological polar surface area (TPSA) is 70.1 Å². The lowest BCUT2D eigenvalue weighted by Gasteiger charge is -2.08. The van der Waals surface area contributed by atoms with Gasteiger partial charge in [-0.1, -0.05) is 12.1 Å². The molecule has 5 nitrogen and oxygen atoms in total. The van der Waals surface area contributed by atoms with Crippen molar-refractivity contribution in [3.63, 3.8) is 0 Å². The lowest BCUT2D eigenvalue weighted by molar-refractivity contribution is 0.0521. The molecule has 2 rings (SSSR count). The number of esters is 1. The summed E-state index contributed by atoms with van der Waals surface area (Å²) >= 11 is 0. The van der Waals surface area contributed by atoms with Crippen molar-refractivity contribution in [2.75, 3.05) is 12.3 Å². The first kappa shape index (κ1) is 13.1. The average molecular weight is 259 g/mol. The molecular weight excluding hydrogens is 242 g/mol. The van der Waals surface area contributed by atoms with Crippen LogP contribution in [0, 0.1) is 13.8 Å². The van der Waals surface area contributed by atoms with E-state index in [9.17, 15) is 4.79 Å². The molecule has 1 aromatic carbocycles. The van der Waals surface area contributed by atoms with Gasteiger partial charge in [-0.05, 0) is 38.5 Å². The molecule has 0 atom stereocenters. The van der Waals surface area contributed by atoms with Crippen LogP contribution in [0.4, 0.5) is 5.82 Å². The SMILES string of the molecule is CCOC(=O)c1nc(C)n(-c2cccc(C)c2)c1N. The van der Waals surface area contributed by atoms with Crippen molar-refractivity contribution in [3.8, 4) is 5.69 Å². The Morgan fingerprint density at radius 2 is 2.16 bits per heavy atom. The second-order valence-electron chi connectivity index (χ2n) is 4.29. The number of carbonyl (C=O) groups is 1. The van der Waals surface area contributed by atoms with E-state index < -0.39 is 5.97 Å². The first-order chi connectivity index (χ1) is 9.04. The van der Waals surface area contributed by atoms with Crippen molar-refractivity contribution >= 4 is 11.8 Å². The minimum atomic E-state index is -0.491. The summed E-state index contributed by atoms with van der Waals surface area (Å²) in [6.45, 7) is 5.85. The smallest absolute Gasteiger partial charge is 0.360 e. The Morgan fingerprint density at radius 1 is 1.42 bits per heavy atom. The molecule has 0 unspecified atom stereocenters. The molecule has 0 amide bonds. The van der Waals surface area contributed by atoms with E-state index >= 15 is 0 Å². The number of imidazole rings is 1. The molecule has 0 aliphatic carbocycles. The summed E-state index contributed by atoms with van der Waals surface area (Å²) in [6.07, 6.45) is 0. The highest BCUT2D eigenvalue weighted by Gasteiger charge is 2.20. The maximum Gasteiger partial charge on any atom is 0.360 e. The van der Waals surface area contributed by atoms with Crippen molar-refractivity contribution in [3.05, 3.63) is 41.3 Å². The molecule has 2 aromatic rings. The molecule has 0 aliphatic rings. The maximum absolute atomic E-state index is 11.8. The van der Waals surface area contributed by atoms with E-state index in [1.54, 1.807) is 18.4 Å². The summed E-state index contributed by atoms with van der Waals surface area (Å²) < 4.78 is 6.69. The second-order valence-corrected chi connectivity index (χ2v) is 4.29. The van der Waals surface area contributed by atoms with Crippen molar-refractivity contribution in [2.24, 2.45) is 0 Å². The van der Waals surface area contributed by atoms with Gasteiger partial charge < -0.3 is 10.5 Å². The number of nitrogens with zero attached hydrogens (tertiary/aromatic N) is 2. The molecular formula is C14H17N3O2. The summed E-state index contributed by atoms with van der Waals surface area (Å²) in [6, 6.07) is 7.85. The molecule has 1 heterocycles. The van der Waals surface area contributed by atoms with E-state index in [-0.39, 0.29) is 5.69 Å². The molecule has 19 heavy (non-hydrogen) atoms. The summed E-state index contributed by atoms with van der Waals surface area (Å²) in [5.41, 5.74) is 8.19. The fourth-order valence-corrected chi connectivity index (χ4v) is 1.99. The number of benzene rings is 1. The van der Waals surface area contributed by atoms with Crippen molar-refractivity contribution in [1.82, 2.24) is 9.55 Å². The van der Waals surface area contributed by atoms with Gasteiger partial charge >= 0.3 is 5.97 Å². The maximum atomic E-state index is 11.8. The number of hydrogen-bond donors (Lipinski definition) is 1. The minimum absolute atomic E-state index is 0.167. The van der Waals surface area contributed by atoms with E-state index in [4.69, 9.17) is 10.5 Å². The molecule has 1 aromatic heterocycles. The van der Waals surface area contributed by atoms with Gasteiger partial charge in [-0.25, -0.2) is 9.78 Å². The van der Waals surface area contributed by atoms with Crippen molar-refractivity contribution in [1.29, 1.82) is 0 Å². The number of hydrogen-bond acceptors (Lipinski definition) is 4. The number of aryl methyl sites for hydroxylation is 2. The Kier molecular flexibility index (Phi) is 3.55. The first-order valence-corrected chi connectivity index (χ1v) is 6.13. The Labute approximate surface area is 112 Å². The number of aromatic nitrogens is 2. The first-order valence-electron chi connectivity index (χ1n) is 6.13. The van der Waals surface area contributed by atoms with Crippen LogP contribution in [0.1, 0.15) is 28.8 Å². The van der Waals surface area contributed by atoms with Crippen LogP contribution in [0.5, 0.6) is 0 Å². The Morgan fingerprint density at radius 3 is 2.79 bits per heavy atom. The monoisotopic (exact) mass is 259 g/mol. The lowest BCUT2D eigenvalue weighted by Crippen LogP contribution is -2.09. The normalized spacial score (nSPS) is 10.5. The van der Waals surface area contributed by atoms with E-state index in [0.717, 1.165) is 11.3 Å². The number of carbonyl (C=O) groups excluding carboxylic acids is 1. The zero-order valence-corrected chi connectivity index (χ0v) is 11.3. The van der Waals surface area contributed by atoms with Crippen LogP contribution in [0.15, 0.2) is 24.3 Å². The largest absolute Gasteiger partial charge is 0.461 e. The second kappa shape index (κ2) is 5.14. The zero-order valence-electron chi connectivity index (χ0n) is 11.3. The van der Waals surface area contributed by atoms with E-state index in [1.165, 1.54) is 0 Å². The van der Waals surface area contributed by atoms with Gasteiger partial charge in [0.15, 0.2) is 5.69 Å². The molecule has 100 valence electrons. The number of nitrogens with two attached hydrogens (primary N) is 1. The highest BCUT2D eigenvalue weighted by Crippen LogP contribution is 2.21. The van der Waals surface area contributed by atoms with Gasteiger partial charge in [0.2, 0.25) is 0 Å². The lowest BCUT2D eigenvalue weighted by atomic mass is 10.2. The van der Waals surface area contributed by atoms with Crippen molar-refractivity contribution in [2.45, 2.75) is 20.8 Å². The molecule has 0 spiro atoms. The molecule has 2 N–H and O–H groups in total. The van der Waals surface area contributed by atoms with Crippen LogP contribution in [0.2, 0.25) is 0 Å². The van der Waals surface area contributed by atoms with Crippen LogP contribution in [-0.2, 0) is 4.74 Å². The summed E-state index contributed by atoms with van der Waals surface area (Å²) in [5, 5.41) is 0. The van der Waals surface area contributed by atoms with Gasteiger partial charge in [0, 0.05) is 5.69 Å². The quantitative estimate of drug-likeness (QED) is 0.858. The Bertz CT molecular complexity index is 617. The van der Waals surface area contributed by atoms with Gasteiger partial charge in [0.1, 0.15) is 11.6 Å². The van der Waals surface area contributed by atoms with Gasteiger partial charge in [-0.2, -0.15) is 0 Å². The third-order valence-corrected chi connectivity index (χ3v) is 2.81. The summed E-state index contributed by atoms with van der Waals surface area (Å²) in [4.78, 5) is 15.9. The molecule has 0 saturated carbocycles. The molecule has 0 fully saturated rings. The third kappa shape index (κ3) is 2.45. The molecule has 0 bridgehead atoms. The third-order valence-electron chi connectivity index (χ3n) is 2.81. The Balaban J connectivity index is 2.51. The fourth-order valence-electron chi connectivity index (χ4n) is 1.99. The molecule has 0 aliphatic heterocycles. The average Bonchev–Trinajstić information content (AvgIpc) is 2.65. The van der Waals surface area contributed by atoms with Crippen molar-refractivity contribution < 1.29 is 9.53 Å². The molecule has 0 radical (unpaired) electrons. The molecule has 0 saturated heterocycles. The number of ether oxygens (including phenoxy) is 1. The van der Waals surface area contributed by atoms with Crippen LogP contribution in [-0.4, -0.2) is 22.1 Å². The summed E-state index contributed by atoms with van der Waals surface area (Å²) in [7, 11) is 0. The Hall–Kier alpha value is -2.30. The highest BCUT2D eigenvalue weighted by atomic mass is 16.5. The zero-order chi connectivity index (χ0) is 14.0. The van der Waals surface area contributed by atoms with Crippen LogP contribution < -0.4 is 5.73 Å². The number of rotatable bonds is 3.